The van der Waals surface area contributed by atoms with Crippen molar-refractivity contribution in [3.63, 3.8) is 0 Å². The van der Waals surface area contributed by atoms with E-state index in [0.29, 0.717) is 12.6 Å². The van der Waals surface area contributed by atoms with Crippen molar-refractivity contribution in [1.82, 2.24) is 14.6 Å². The fourth-order valence-corrected chi connectivity index (χ4v) is 2.98. The number of benzene rings is 1. The number of aromatic nitrogens is 3. The Morgan fingerprint density at radius 1 is 1.14 bits per heavy atom. The Bertz CT molecular complexity index is 755. The molecule has 0 radical (unpaired) electrons. The van der Waals surface area contributed by atoms with Gasteiger partial charge in [-0.15, -0.1) is 0 Å². The van der Waals surface area contributed by atoms with Gasteiger partial charge in [0.2, 0.25) is 0 Å². The Morgan fingerprint density at radius 2 is 2.05 bits per heavy atom. The van der Waals surface area contributed by atoms with Crippen LogP contribution in [0.2, 0.25) is 0 Å². The summed E-state index contributed by atoms with van der Waals surface area (Å²) >= 11 is 0. The molecule has 1 saturated heterocycles. The molecule has 4 rings (SSSR count). The van der Waals surface area contributed by atoms with Crippen molar-refractivity contribution in [1.29, 1.82) is 0 Å². The van der Waals surface area contributed by atoms with Crippen LogP contribution in [-0.4, -0.2) is 33.8 Å². The minimum Gasteiger partial charge on any atom is -0.491 e. The molecule has 5 heteroatoms. The monoisotopic (exact) mass is 294 g/mol. The molecular weight excluding hydrogens is 276 g/mol. The highest BCUT2D eigenvalue weighted by molar-refractivity contribution is 5.48. The Labute approximate surface area is 129 Å². The second kappa shape index (κ2) is 5.67. The Kier molecular flexibility index (Phi) is 3.39. The maximum atomic E-state index is 5.93. The van der Waals surface area contributed by atoms with Crippen LogP contribution in [0.5, 0.6) is 5.75 Å². The van der Waals surface area contributed by atoms with Crippen LogP contribution >= 0.6 is 0 Å². The summed E-state index contributed by atoms with van der Waals surface area (Å²) in [7, 11) is 0. The molecule has 0 unspecified atom stereocenters. The standard InChI is InChI=1S/C17H18N4O/c1-2-6-15(7-3-1)22-13-14-5-4-11-20(14)16-9-12-21-17(19-16)8-10-18-21/h1-3,6-10,12,14H,4-5,11,13H2/t14-/m0/s1. The number of anilines is 1. The number of ether oxygens (including phenoxy) is 1. The second-order valence-electron chi connectivity index (χ2n) is 5.53. The summed E-state index contributed by atoms with van der Waals surface area (Å²) in [6, 6.07) is 14.3. The lowest BCUT2D eigenvalue weighted by atomic mass is 10.2. The van der Waals surface area contributed by atoms with Crippen molar-refractivity contribution >= 4 is 11.5 Å². The van der Waals surface area contributed by atoms with Gasteiger partial charge in [-0.2, -0.15) is 5.10 Å². The first-order valence-electron chi connectivity index (χ1n) is 7.65. The van der Waals surface area contributed by atoms with Crippen molar-refractivity contribution < 1.29 is 4.74 Å². The largest absolute Gasteiger partial charge is 0.491 e. The van der Waals surface area contributed by atoms with Crippen molar-refractivity contribution in [3.05, 3.63) is 54.9 Å². The highest BCUT2D eigenvalue weighted by Crippen LogP contribution is 2.25. The summed E-state index contributed by atoms with van der Waals surface area (Å²) in [5, 5.41) is 4.19. The molecule has 2 aromatic heterocycles. The minimum absolute atomic E-state index is 0.373. The molecule has 0 amide bonds. The van der Waals surface area contributed by atoms with Crippen molar-refractivity contribution in [3.8, 4) is 5.75 Å². The average Bonchev–Trinajstić information content (AvgIpc) is 3.22. The van der Waals surface area contributed by atoms with Crippen molar-refractivity contribution in [2.75, 3.05) is 18.1 Å². The van der Waals surface area contributed by atoms with Crippen molar-refractivity contribution in [2.24, 2.45) is 0 Å². The fourth-order valence-electron chi connectivity index (χ4n) is 2.98. The maximum absolute atomic E-state index is 5.93. The second-order valence-corrected chi connectivity index (χ2v) is 5.53. The molecular formula is C17H18N4O. The molecule has 1 fully saturated rings. The number of fused-ring (bicyclic) bond motifs is 1. The zero-order chi connectivity index (χ0) is 14.8. The van der Waals surface area contributed by atoms with Crippen LogP contribution in [0, 0.1) is 0 Å². The van der Waals surface area contributed by atoms with E-state index in [4.69, 9.17) is 9.72 Å². The minimum atomic E-state index is 0.373. The first-order chi connectivity index (χ1) is 10.9. The first-order valence-corrected chi connectivity index (χ1v) is 7.65. The van der Waals surface area contributed by atoms with Crippen LogP contribution in [0.3, 0.4) is 0 Å². The molecule has 0 N–H and O–H groups in total. The molecule has 1 aromatic carbocycles. The molecule has 0 bridgehead atoms. The van der Waals surface area contributed by atoms with E-state index in [1.54, 1.807) is 10.7 Å². The quantitative estimate of drug-likeness (QED) is 0.742. The lowest BCUT2D eigenvalue weighted by Gasteiger charge is -2.25. The average molecular weight is 294 g/mol. The third kappa shape index (κ3) is 2.50. The number of nitrogens with zero attached hydrogens (tertiary/aromatic N) is 4. The van der Waals surface area contributed by atoms with E-state index < -0.39 is 0 Å². The van der Waals surface area contributed by atoms with Gasteiger partial charge < -0.3 is 9.64 Å². The molecule has 1 atom stereocenters. The Morgan fingerprint density at radius 3 is 2.95 bits per heavy atom. The third-order valence-electron chi connectivity index (χ3n) is 4.10. The summed E-state index contributed by atoms with van der Waals surface area (Å²) in [5.41, 5.74) is 0.882. The lowest BCUT2D eigenvalue weighted by molar-refractivity contribution is 0.288. The zero-order valence-electron chi connectivity index (χ0n) is 12.3. The Hall–Kier alpha value is -2.56. The smallest absolute Gasteiger partial charge is 0.157 e. The van der Waals surface area contributed by atoms with Gasteiger partial charge in [0.05, 0.1) is 12.2 Å². The molecule has 0 spiro atoms. The van der Waals surface area contributed by atoms with E-state index in [1.807, 2.05) is 48.7 Å². The molecule has 0 saturated carbocycles. The summed E-state index contributed by atoms with van der Waals surface area (Å²) < 4.78 is 7.71. The van der Waals surface area contributed by atoms with Gasteiger partial charge in [-0.1, -0.05) is 18.2 Å². The molecule has 3 aromatic rings. The molecule has 0 aliphatic carbocycles. The molecule has 5 nitrogen and oxygen atoms in total. The predicted molar refractivity (Wildman–Crippen MR) is 85.3 cm³/mol. The number of hydrogen-bond donors (Lipinski definition) is 0. The zero-order valence-corrected chi connectivity index (χ0v) is 12.3. The fraction of sp³-hybridized carbons (Fsp3) is 0.294. The van der Waals surface area contributed by atoms with Gasteiger partial charge in [0.1, 0.15) is 18.2 Å². The van der Waals surface area contributed by atoms with Gasteiger partial charge >= 0.3 is 0 Å². The summed E-state index contributed by atoms with van der Waals surface area (Å²) in [5.74, 6) is 1.93. The normalized spacial score (nSPS) is 18.0. The van der Waals surface area contributed by atoms with E-state index >= 15 is 0 Å². The maximum Gasteiger partial charge on any atom is 0.157 e. The van der Waals surface area contributed by atoms with Crippen LogP contribution in [0.1, 0.15) is 12.8 Å². The van der Waals surface area contributed by atoms with Gasteiger partial charge in [0.15, 0.2) is 5.65 Å². The van der Waals surface area contributed by atoms with Gasteiger partial charge in [-0.25, -0.2) is 9.50 Å². The summed E-state index contributed by atoms with van der Waals surface area (Å²) in [6.07, 6.45) is 6.05. The molecule has 3 heterocycles. The SMILES string of the molecule is c1ccc(OC[C@@H]2CCCN2c2ccn3nccc3n2)cc1. The van der Waals surface area contributed by atoms with Crippen molar-refractivity contribution in [2.45, 2.75) is 18.9 Å². The number of rotatable bonds is 4. The molecule has 1 aliphatic heterocycles. The van der Waals surface area contributed by atoms with E-state index in [-0.39, 0.29) is 0 Å². The molecule has 1 aliphatic rings. The summed E-state index contributed by atoms with van der Waals surface area (Å²) in [6.45, 7) is 1.72. The van der Waals surface area contributed by atoms with Crippen LogP contribution < -0.4 is 9.64 Å². The predicted octanol–water partition coefficient (Wildman–Crippen LogP) is 2.78. The van der Waals surface area contributed by atoms with Gasteiger partial charge in [0, 0.05) is 18.8 Å². The third-order valence-corrected chi connectivity index (χ3v) is 4.10. The Balaban J connectivity index is 1.50. The highest BCUT2D eigenvalue weighted by atomic mass is 16.5. The van der Waals surface area contributed by atoms with Crippen LogP contribution in [-0.2, 0) is 0 Å². The van der Waals surface area contributed by atoms with Gasteiger partial charge in [-0.3, -0.25) is 0 Å². The van der Waals surface area contributed by atoms with Crippen LogP contribution in [0.25, 0.3) is 5.65 Å². The van der Waals surface area contributed by atoms with Gasteiger partial charge in [0.25, 0.3) is 0 Å². The van der Waals surface area contributed by atoms with E-state index in [2.05, 4.69) is 10.00 Å². The number of hydrogen-bond acceptors (Lipinski definition) is 4. The van der Waals surface area contributed by atoms with Crippen LogP contribution in [0.15, 0.2) is 54.9 Å². The molecule has 112 valence electrons. The van der Waals surface area contributed by atoms with Gasteiger partial charge in [-0.05, 0) is 31.0 Å². The number of para-hydroxylation sites is 1. The lowest BCUT2D eigenvalue weighted by Crippen LogP contribution is -2.34. The van der Waals surface area contributed by atoms with Crippen LogP contribution in [0.4, 0.5) is 5.82 Å². The first kappa shape index (κ1) is 13.1. The summed E-state index contributed by atoms with van der Waals surface area (Å²) in [4.78, 5) is 7.04. The molecule has 22 heavy (non-hydrogen) atoms. The topological polar surface area (TPSA) is 42.7 Å². The highest BCUT2D eigenvalue weighted by Gasteiger charge is 2.26. The van der Waals surface area contributed by atoms with E-state index in [9.17, 15) is 0 Å². The van der Waals surface area contributed by atoms with E-state index in [1.165, 1.54) is 6.42 Å². The van der Waals surface area contributed by atoms with E-state index in [0.717, 1.165) is 30.2 Å².